The summed E-state index contributed by atoms with van der Waals surface area (Å²) in [5.41, 5.74) is 6.71. The van der Waals surface area contributed by atoms with E-state index < -0.39 is 0 Å². The van der Waals surface area contributed by atoms with Crippen LogP contribution in [0.4, 0.5) is 5.69 Å². The van der Waals surface area contributed by atoms with Gasteiger partial charge in [0.15, 0.2) is 5.78 Å². The number of ketones is 1. The van der Waals surface area contributed by atoms with Crippen molar-refractivity contribution >= 4 is 11.5 Å². The minimum absolute atomic E-state index is 0.181. The Bertz CT molecular complexity index is 325. The van der Waals surface area contributed by atoms with Crippen LogP contribution in [0.1, 0.15) is 37.6 Å². The third kappa shape index (κ3) is 2.13. The molecular weight excluding hydrogens is 174 g/mol. The van der Waals surface area contributed by atoms with Gasteiger partial charge in [0, 0.05) is 16.7 Å². The van der Waals surface area contributed by atoms with E-state index in [-0.39, 0.29) is 11.2 Å². The highest BCUT2D eigenvalue weighted by Gasteiger charge is 2.26. The van der Waals surface area contributed by atoms with E-state index >= 15 is 0 Å². The predicted octanol–water partition coefficient (Wildman–Crippen LogP) is 2.89. The molecule has 0 aliphatic rings. The molecule has 0 aliphatic heterocycles. The summed E-state index contributed by atoms with van der Waals surface area (Å²) in [6.07, 6.45) is 0.843. The Kier molecular flexibility index (Phi) is 2.94. The third-order valence-electron chi connectivity index (χ3n) is 2.67. The van der Waals surface area contributed by atoms with Gasteiger partial charge in [0.25, 0.3) is 0 Å². The highest BCUT2D eigenvalue weighted by Crippen LogP contribution is 2.25. The van der Waals surface area contributed by atoms with Crippen LogP contribution < -0.4 is 5.73 Å². The van der Waals surface area contributed by atoms with Gasteiger partial charge in [-0.15, -0.1) is 0 Å². The number of anilines is 1. The number of carbonyl (C=O) groups is 1. The van der Waals surface area contributed by atoms with E-state index in [0.29, 0.717) is 5.69 Å². The lowest BCUT2D eigenvalue weighted by atomic mass is 9.82. The van der Waals surface area contributed by atoms with E-state index in [2.05, 4.69) is 0 Å². The summed E-state index contributed by atoms with van der Waals surface area (Å²) in [6, 6.07) is 7.10. The van der Waals surface area contributed by atoms with Crippen LogP contribution in [0.5, 0.6) is 0 Å². The van der Waals surface area contributed by atoms with Crippen LogP contribution in [0.25, 0.3) is 0 Å². The molecule has 14 heavy (non-hydrogen) atoms. The molecule has 0 atom stereocenters. The number of carbonyl (C=O) groups excluding carboxylic acids is 1. The minimum Gasteiger partial charge on any atom is -0.399 e. The number of hydrogen-bond acceptors (Lipinski definition) is 2. The SMILES string of the molecule is CCC(C)(C)C(=O)c1ccc(N)cc1. The molecule has 1 aromatic rings. The van der Waals surface area contributed by atoms with Crippen molar-refractivity contribution in [3.05, 3.63) is 29.8 Å². The van der Waals surface area contributed by atoms with Gasteiger partial charge in [-0.05, 0) is 30.7 Å². The van der Waals surface area contributed by atoms with E-state index in [4.69, 9.17) is 5.73 Å². The van der Waals surface area contributed by atoms with Crippen molar-refractivity contribution in [2.45, 2.75) is 27.2 Å². The molecule has 2 nitrogen and oxygen atoms in total. The molecule has 0 spiro atoms. The van der Waals surface area contributed by atoms with Gasteiger partial charge in [-0.3, -0.25) is 4.79 Å². The highest BCUT2D eigenvalue weighted by atomic mass is 16.1. The van der Waals surface area contributed by atoms with Crippen LogP contribution in [-0.4, -0.2) is 5.78 Å². The second-order valence-corrected chi connectivity index (χ2v) is 4.19. The van der Waals surface area contributed by atoms with Crippen molar-refractivity contribution in [3.8, 4) is 0 Å². The average molecular weight is 191 g/mol. The van der Waals surface area contributed by atoms with Gasteiger partial charge in [0.05, 0.1) is 0 Å². The lowest BCUT2D eigenvalue weighted by molar-refractivity contribution is 0.0833. The standard InChI is InChI=1S/C12H17NO/c1-4-12(2,3)11(14)9-5-7-10(13)8-6-9/h5-8H,4,13H2,1-3H3. The third-order valence-corrected chi connectivity index (χ3v) is 2.67. The molecule has 0 radical (unpaired) electrons. The second kappa shape index (κ2) is 3.82. The molecular formula is C12H17NO. The fourth-order valence-electron chi connectivity index (χ4n) is 1.19. The maximum atomic E-state index is 12.0. The van der Waals surface area contributed by atoms with Crippen molar-refractivity contribution in [1.82, 2.24) is 0 Å². The number of nitrogens with two attached hydrogens (primary N) is 1. The summed E-state index contributed by atoms with van der Waals surface area (Å²) in [7, 11) is 0. The average Bonchev–Trinajstić information content (AvgIpc) is 2.18. The molecule has 2 N–H and O–H groups in total. The molecule has 0 fully saturated rings. The quantitative estimate of drug-likeness (QED) is 0.589. The Morgan fingerprint density at radius 3 is 2.21 bits per heavy atom. The first-order chi connectivity index (χ1) is 6.47. The van der Waals surface area contributed by atoms with Crippen molar-refractivity contribution < 1.29 is 4.79 Å². The summed E-state index contributed by atoms with van der Waals surface area (Å²) >= 11 is 0. The predicted molar refractivity (Wildman–Crippen MR) is 59.3 cm³/mol. The van der Waals surface area contributed by atoms with Gasteiger partial charge in [0.2, 0.25) is 0 Å². The van der Waals surface area contributed by atoms with Crippen LogP contribution in [0.2, 0.25) is 0 Å². The first kappa shape index (κ1) is 10.8. The summed E-state index contributed by atoms with van der Waals surface area (Å²) in [5.74, 6) is 0.181. The normalized spacial score (nSPS) is 11.4. The van der Waals surface area contributed by atoms with Crippen LogP contribution in [0.3, 0.4) is 0 Å². The monoisotopic (exact) mass is 191 g/mol. The zero-order valence-corrected chi connectivity index (χ0v) is 9.00. The van der Waals surface area contributed by atoms with Gasteiger partial charge >= 0.3 is 0 Å². The molecule has 0 saturated heterocycles. The smallest absolute Gasteiger partial charge is 0.168 e. The lowest BCUT2D eigenvalue weighted by Crippen LogP contribution is -2.23. The second-order valence-electron chi connectivity index (χ2n) is 4.19. The number of benzene rings is 1. The molecule has 0 amide bonds. The molecule has 1 rings (SSSR count). The fourth-order valence-corrected chi connectivity index (χ4v) is 1.19. The van der Waals surface area contributed by atoms with Gasteiger partial charge in [-0.25, -0.2) is 0 Å². The van der Waals surface area contributed by atoms with Gasteiger partial charge in [0.1, 0.15) is 0 Å². The molecule has 0 bridgehead atoms. The van der Waals surface area contributed by atoms with E-state index in [1.165, 1.54) is 0 Å². The van der Waals surface area contributed by atoms with E-state index in [0.717, 1.165) is 12.0 Å². The molecule has 2 heteroatoms. The molecule has 0 aromatic heterocycles. The maximum Gasteiger partial charge on any atom is 0.168 e. The van der Waals surface area contributed by atoms with Gasteiger partial charge in [-0.1, -0.05) is 20.8 Å². The number of Topliss-reactive ketones (excluding diaryl/α,β-unsaturated/α-hetero) is 1. The first-order valence-electron chi connectivity index (χ1n) is 4.87. The Hall–Kier alpha value is -1.31. The Labute approximate surface area is 85.1 Å². The summed E-state index contributed by atoms with van der Waals surface area (Å²) in [6.45, 7) is 5.95. The number of rotatable bonds is 3. The zero-order chi connectivity index (χ0) is 10.8. The van der Waals surface area contributed by atoms with Crippen LogP contribution >= 0.6 is 0 Å². The topological polar surface area (TPSA) is 43.1 Å². The summed E-state index contributed by atoms with van der Waals surface area (Å²) in [5, 5.41) is 0. The molecule has 76 valence electrons. The van der Waals surface area contributed by atoms with Crippen molar-refractivity contribution in [3.63, 3.8) is 0 Å². The van der Waals surface area contributed by atoms with E-state index in [1.807, 2.05) is 20.8 Å². The van der Waals surface area contributed by atoms with Crippen LogP contribution in [0.15, 0.2) is 24.3 Å². The zero-order valence-electron chi connectivity index (χ0n) is 9.00. The number of hydrogen-bond donors (Lipinski definition) is 1. The van der Waals surface area contributed by atoms with Crippen LogP contribution in [-0.2, 0) is 0 Å². The Morgan fingerprint density at radius 2 is 1.79 bits per heavy atom. The molecule has 1 aromatic carbocycles. The highest BCUT2D eigenvalue weighted by molar-refractivity contribution is 6.00. The maximum absolute atomic E-state index is 12.0. The van der Waals surface area contributed by atoms with E-state index in [9.17, 15) is 4.79 Å². The molecule has 0 saturated carbocycles. The van der Waals surface area contributed by atoms with Gasteiger partial charge < -0.3 is 5.73 Å². The summed E-state index contributed by atoms with van der Waals surface area (Å²) in [4.78, 5) is 12.0. The van der Waals surface area contributed by atoms with Gasteiger partial charge in [-0.2, -0.15) is 0 Å². The molecule has 0 heterocycles. The van der Waals surface area contributed by atoms with Crippen molar-refractivity contribution in [1.29, 1.82) is 0 Å². The van der Waals surface area contributed by atoms with E-state index in [1.54, 1.807) is 24.3 Å². The lowest BCUT2D eigenvalue weighted by Gasteiger charge is -2.20. The molecule has 0 aliphatic carbocycles. The minimum atomic E-state index is -0.282. The Morgan fingerprint density at radius 1 is 1.29 bits per heavy atom. The largest absolute Gasteiger partial charge is 0.399 e. The van der Waals surface area contributed by atoms with Crippen LogP contribution in [0, 0.1) is 5.41 Å². The number of nitrogen functional groups attached to an aromatic ring is 1. The van der Waals surface area contributed by atoms with Crippen molar-refractivity contribution in [2.75, 3.05) is 5.73 Å². The molecule has 0 unspecified atom stereocenters. The fraction of sp³-hybridized carbons (Fsp3) is 0.417. The first-order valence-corrected chi connectivity index (χ1v) is 4.87. The summed E-state index contributed by atoms with van der Waals surface area (Å²) < 4.78 is 0. The van der Waals surface area contributed by atoms with Crippen molar-refractivity contribution in [2.24, 2.45) is 5.41 Å². The Balaban J connectivity index is 2.96.